The average Bonchev–Trinajstić information content (AvgIpc) is 2.71. The maximum Gasteiger partial charge on any atom is 0.312 e. The molecule has 0 fully saturated rings. The van der Waals surface area contributed by atoms with E-state index in [9.17, 15) is 42.8 Å². The van der Waals surface area contributed by atoms with Gasteiger partial charge >= 0.3 is 20.2 Å². The van der Waals surface area contributed by atoms with Gasteiger partial charge in [0, 0.05) is 11.1 Å². The molecule has 0 saturated carbocycles. The summed E-state index contributed by atoms with van der Waals surface area (Å²) in [6, 6.07) is 11.4. The molecule has 3 rings (SSSR count). The summed E-state index contributed by atoms with van der Waals surface area (Å²) in [6.07, 6.45) is 0. The Balaban J connectivity index is 2.15. The highest BCUT2D eigenvalue weighted by Crippen LogP contribution is 2.34. The largest absolute Gasteiger partial charge is 0.312 e. The Morgan fingerprint density at radius 2 is 1.06 bits per heavy atom. The maximum atomic E-state index is 12.9. The molecule has 2 N–H and O–H groups in total. The van der Waals surface area contributed by atoms with Crippen LogP contribution in [-0.4, -0.2) is 42.8 Å². The minimum Gasteiger partial charge on any atom is -0.282 e. The normalized spacial score (nSPS) is 13.0. The number of hydrogen-bond donors (Lipinski definition) is 2. The first-order chi connectivity index (χ1) is 15.5. The van der Waals surface area contributed by atoms with Gasteiger partial charge in [-0.15, -0.1) is 3.63 Å². The SMILES string of the molecule is O=S(=O)(O)c1cc(S(=O)(=O)OS(=O)(=O)c2ccccc2-c2ccccc2S(=O)(=O)O)ccc1Cl. The van der Waals surface area contributed by atoms with Crippen LogP contribution in [0.15, 0.2) is 86.3 Å². The fourth-order valence-electron chi connectivity index (χ4n) is 2.85. The lowest BCUT2D eigenvalue weighted by Crippen LogP contribution is -2.16. The van der Waals surface area contributed by atoms with Crippen molar-refractivity contribution in [2.24, 2.45) is 0 Å². The molecule has 0 amide bonds. The molecule has 3 aromatic rings. The molecule has 0 aliphatic carbocycles. The van der Waals surface area contributed by atoms with Crippen LogP contribution >= 0.6 is 11.6 Å². The summed E-state index contributed by atoms with van der Waals surface area (Å²) in [5, 5.41) is -0.531. The molecule has 0 atom stereocenters. The lowest BCUT2D eigenvalue weighted by molar-refractivity contribution is 0.461. The molecule has 0 radical (unpaired) electrons. The van der Waals surface area contributed by atoms with Crippen molar-refractivity contribution in [1.82, 2.24) is 0 Å². The molecule has 0 saturated heterocycles. The highest BCUT2D eigenvalue weighted by molar-refractivity contribution is 8.00. The van der Waals surface area contributed by atoms with E-state index in [4.69, 9.17) is 11.6 Å². The zero-order valence-corrected chi connectivity index (χ0v) is 20.5. The number of hydrogen-bond acceptors (Lipinski definition) is 9. The summed E-state index contributed by atoms with van der Waals surface area (Å²) in [4.78, 5) is -3.36. The lowest BCUT2D eigenvalue weighted by atomic mass is 10.1. The van der Waals surface area contributed by atoms with Gasteiger partial charge in [-0.25, -0.2) is 0 Å². The van der Waals surface area contributed by atoms with E-state index in [-0.39, 0.29) is 11.1 Å². The van der Waals surface area contributed by atoms with Crippen molar-refractivity contribution in [3.8, 4) is 11.1 Å². The van der Waals surface area contributed by atoms with Crippen LogP contribution in [0.1, 0.15) is 0 Å². The highest BCUT2D eigenvalue weighted by atomic mass is 35.5. The van der Waals surface area contributed by atoms with Gasteiger partial charge in [-0.3, -0.25) is 9.11 Å². The minimum absolute atomic E-state index is 0.259. The van der Waals surface area contributed by atoms with Crippen molar-refractivity contribution in [3.63, 3.8) is 0 Å². The van der Waals surface area contributed by atoms with Crippen molar-refractivity contribution in [2.45, 2.75) is 19.6 Å². The zero-order chi connectivity index (χ0) is 25.5. The standard InChI is InChI=1S/C18H13ClO11S4/c19-15-10-9-12(11-18(15)32(23,24)25)33(26,27)30-34(28,29)17-8-4-2-6-14(17)13-5-1-3-7-16(13)31(20,21)22/h1-11H,(H,20,21,22)(H,23,24,25). The van der Waals surface area contributed by atoms with Gasteiger partial charge in [0.2, 0.25) is 0 Å². The van der Waals surface area contributed by atoms with Crippen LogP contribution in [0.2, 0.25) is 5.02 Å². The Kier molecular flexibility index (Phi) is 6.95. The molecule has 0 heterocycles. The first kappa shape index (κ1) is 26.2. The average molecular weight is 569 g/mol. The Morgan fingerprint density at radius 1 is 0.588 bits per heavy atom. The zero-order valence-electron chi connectivity index (χ0n) is 16.4. The Morgan fingerprint density at radius 3 is 1.59 bits per heavy atom. The van der Waals surface area contributed by atoms with E-state index in [1.807, 2.05) is 0 Å². The third kappa shape index (κ3) is 5.47. The smallest absolute Gasteiger partial charge is 0.282 e. The third-order valence-corrected chi connectivity index (χ3v) is 9.67. The summed E-state index contributed by atoms with van der Waals surface area (Å²) >= 11 is 5.64. The molecule has 0 spiro atoms. The second-order valence-corrected chi connectivity index (χ2v) is 13.0. The van der Waals surface area contributed by atoms with E-state index in [1.165, 1.54) is 30.3 Å². The van der Waals surface area contributed by atoms with Crippen molar-refractivity contribution in [2.75, 3.05) is 0 Å². The Hall–Kier alpha value is -2.37. The monoisotopic (exact) mass is 568 g/mol. The summed E-state index contributed by atoms with van der Waals surface area (Å²) < 4.78 is 120. The van der Waals surface area contributed by atoms with Crippen LogP contribution in [0, 0.1) is 0 Å². The second kappa shape index (κ2) is 9.01. The fraction of sp³-hybridized carbons (Fsp3) is 0. The van der Waals surface area contributed by atoms with Gasteiger partial charge in [0.25, 0.3) is 20.2 Å². The number of halogens is 1. The molecular formula is C18H13ClO11S4. The summed E-state index contributed by atoms with van der Waals surface area (Å²) in [5.41, 5.74) is -0.564. The Bertz CT molecular complexity index is 1710. The molecule has 16 heteroatoms. The van der Waals surface area contributed by atoms with Crippen LogP contribution in [-0.2, 0) is 44.1 Å². The molecule has 0 aromatic heterocycles. The van der Waals surface area contributed by atoms with Crippen LogP contribution in [0.3, 0.4) is 0 Å². The van der Waals surface area contributed by atoms with Crippen LogP contribution in [0.5, 0.6) is 0 Å². The van der Waals surface area contributed by atoms with Crippen molar-refractivity contribution in [1.29, 1.82) is 0 Å². The molecule has 34 heavy (non-hydrogen) atoms. The van der Waals surface area contributed by atoms with Crippen LogP contribution in [0.25, 0.3) is 11.1 Å². The molecule has 182 valence electrons. The van der Waals surface area contributed by atoms with Gasteiger partial charge < -0.3 is 0 Å². The van der Waals surface area contributed by atoms with E-state index in [2.05, 4.69) is 3.63 Å². The quantitative estimate of drug-likeness (QED) is 0.399. The van der Waals surface area contributed by atoms with Crippen molar-refractivity contribution in [3.05, 3.63) is 71.8 Å². The van der Waals surface area contributed by atoms with Crippen LogP contribution in [0.4, 0.5) is 0 Å². The van der Waals surface area contributed by atoms with E-state index in [0.717, 1.165) is 30.3 Å². The van der Waals surface area contributed by atoms with Gasteiger partial charge in [-0.2, -0.15) is 33.7 Å². The predicted octanol–water partition coefficient (Wildman–Crippen LogP) is 2.59. The van der Waals surface area contributed by atoms with E-state index in [1.54, 1.807) is 0 Å². The van der Waals surface area contributed by atoms with Crippen molar-refractivity contribution >= 4 is 52.1 Å². The number of benzene rings is 3. The highest BCUT2D eigenvalue weighted by Gasteiger charge is 2.31. The van der Waals surface area contributed by atoms with Gasteiger partial charge in [-0.05, 0) is 30.3 Å². The topological polar surface area (TPSA) is 186 Å². The van der Waals surface area contributed by atoms with Gasteiger partial charge in [0.1, 0.15) is 14.7 Å². The molecule has 0 aliphatic rings. The Labute approximate surface area is 200 Å². The van der Waals surface area contributed by atoms with Gasteiger partial charge in [0.05, 0.1) is 9.92 Å². The molecule has 0 unspecified atom stereocenters. The molecule has 11 nitrogen and oxygen atoms in total. The van der Waals surface area contributed by atoms with Crippen molar-refractivity contribution < 1.29 is 46.4 Å². The molecule has 0 aliphatic heterocycles. The van der Waals surface area contributed by atoms with Gasteiger partial charge in [0.15, 0.2) is 0 Å². The first-order valence-electron chi connectivity index (χ1n) is 8.68. The molecular weight excluding hydrogens is 556 g/mol. The van der Waals surface area contributed by atoms with Gasteiger partial charge in [-0.1, -0.05) is 48.0 Å². The maximum absolute atomic E-state index is 12.9. The minimum atomic E-state index is -5.19. The van der Waals surface area contributed by atoms with E-state index >= 15 is 0 Å². The summed E-state index contributed by atoms with van der Waals surface area (Å²) in [6.45, 7) is 0. The fourth-order valence-corrected chi connectivity index (χ4v) is 7.37. The van der Waals surface area contributed by atoms with E-state index in [0.29, 0.717) is 6.07 Å². The van der Waals surface area contributed by atoms with E-state index < -0.39 is 65.1 Å². The predicted molar refractivity (Wildman–Crippen MR) is 118 cm³/mol. The first-order valence-corrected chi connectivity index (χ1v) is 14.8. The molecule has 0 bridgehead atoms. The molecule has 3 aromatic carbocycles. The summed E-state index contributed by atoms with van der Waals surface area (Å²) in [7, 11) is -20.1. The number of rotatable bonds is 7. The summed E-state index contributed by atoms with van der Waals surface area (Å²) in [5.74, 6) is 0. The second-order valence-electron chi connectivity index (χ2n) is 6.51. The third-order valence-electron chi connectivity index (χ3n) is 4.26. The lowest BCUT2D eigenvalue weighted by Gasteiger charge is -2.13. The van der Waals surface area contributed by atoms with Crippen LogP contribution < -0.4 is 0 Å².